The Morgan fingerprint density at radius 3 is 2.67 bits per heavy atom. The van der Waals surface area contributed by atoms with Crippen molar-refractivity contribution in [2.45, 2.75) is 6.92 Å². The van der Waals surface area contributed by atoms with Gasteiger partial charge in [0, 0.05) is 10.9 Å². The summed E-state index contributed by atoms with van der Waals surface area (Å²) in [6.45, 7) is 2.04. The van der Waals surface area contributed by atoms with Crippen LogP contribution in [0.2, 0.25) is 0 Å². The van der Waals surface area contributed by atoms with Crippen molar-refractivity contribution in [3.8, 4) is 11.1 Å². The Balaban J connectivity index is 2.46. The summed E-state index contributed by atoms with van der Waals surface area (Å²) in [5.74, 6) is -0.741. The van der Waals surface area contributed by atoms with Gasteiger partial charge in [-0.3, -0.25) is 0 Å². The van der Waals surface area contributed by atoms with Gasteiger partial charge >= 0.3 is 5.97 Å². The quantitative estimate of drug-likeness (QED) is 0.866. The van der Waals surface area contributed by atoms with Gasteiger partial charge < -0.3 is 10.5 Å². The number of carbonyl (C=O) groups is 1. The van der Waals surface area contributed by atoms with E-state index in [0.29, 0.717) is 28.3 Å². The van der Waals surface area contributed by atoms with E-state index in [1.54, 1.807) is 24.4 Å². The van der Waals surface area contributed by atoms with Crippen molar-refractivity contribution < 1.29 is 13.9 Å². The fourth-order valence-electron chi connectivity index (χ4n) is 1.65. The molecule has 0 aliphatic rings. The van der Waals surface area contributed by atoms with Gasteiger partial charge in [-0.15, -0.1) is 11.3 Å². The molecule has 5 heteroatoms. The molecular formula is C13H12FNO2S. The van der Waals surface area contributed by atoms with E-state index >= 15 is 0 Å². The number of nitrogen functional groups attached to an aromatic ring is 1. The minimum Gasteiger partial charge on any atom is -0.462 e. The highest BCUT2D eigenvalue weighted by Gasteiger charge is 2.18. The molecule has 94 valence electrons. The molecule has 3 nitrogen and oxygen atoms in total. The van der Waals surface area contributed by atoms with Crippen molar-refractivity contribution >= 4 is 22.3 Å². The molecule has 0 bridgehead atoms. The molecule has 2 rings (SSSR count). The van der Waals surface area contributed by atoms with Crippen LogP contribution in [0.15, 0.2) is 29.6 Å². The van der Waals surface area contributed by atoms with Gasteiger partial charge in [0.05, 0.1) is 17.2 Å². The Labute approximate surface area is 108 Å². The molecular weight excluding hydrogens is 253 g/mol. The molecule has 0 spiro atoms. The zero-order chi connectivity index (χ0) is 13.1. The second kappa shape index (κ2) is 5.18. The summed E-state index contributed by atoms with van der Waals surface area (Å²) >= 11 is 1.27. The number of carbonyl (C=O) groups excluding carboxylic acids is 1. The second-order valence-electron chi connectivity index (χ2n) is 3.62. The Kier molecular flexibility index (Phi) is 3.62. The van der Waals surface area contributed by atoms with Crippen LogP contribution in [0.1, 0.15) is 17.3 Å². The smallest absolute Gasteiger partial charge is 0.339 e. The lowest BCUT2D eigenvalue weighted by Crippen LogP contribution is -2.05. The van der Waals surface area contributed by atoms with Gasteiger partial charge in [0.2, 0.25) is 0 Å². The predicted octanol–water partition coefficient (Wildman–Crippen LogP) is 3.31. The molecule has 1 heterocycles. The first-order chi connectivity index (χ1) is 8.63. The van der Waals surface area contributed by atoms with E-state index < -0.39 is 5.97 Å². The van der Waals surface area contributed by atoms with E-state index in [4.69, 9.17) is 10.5 Å². The first-order valence-corrected chi connectivity index (χ1v) is 6.31. The SMILES string of the molecule is CCOC(=O)c1csc(N)c1-c1ccc(F)cc1. The topological polar surface area (TPSA) is 52.3 Å². The summed E-state index contributed by atoms with van der Waals surface area (Å²) in [5, 5.41) is 2.18. The van der Waals surface area contributed by atoms with Gasteiger partial charge in [-0.25, -0.2) is 9.18 Å². The van der Waals surface area contributed by atoms with Crippen LogP contribution < -0.4 is 5.73 Å². The number of hydrogen-bond donors (Lipinski definition) is 1. The highest BCUT2D eigenvalue weighted by Crippen LogP contribution is 2.35. The van der Waals surface area contributed by atoms with E-state index in [2.05, 4.69) is 0 Å². The molecule has 0 amide bonds. The summed E-state index contributed by atoms with van der Waals surface area (Å²) in [7, 11) is 0. The van der Waals surface area contributed by atoms with E-state index in [1.165, 1.54) is 23.5 Å². The molecule has 1 aromatic carbocycles. The summed E-state index contributed by atoms with van der Waals surface area (Å²) in [5.41, 5.74) is 7.60. The van der Waals surface area contributed by atoms with Crippen molar-refractivity contribution in [1.29, 1.82) is 0 Å². The first kappa shape index (κ1) is 12.6. The monoisotopic (exact) mass is 265 g/mol. The normalized spacial score (nSPS) is 10.3. The number of rotatable bonds is 3. The molecule has 1 aromatic heterocycles. The number of hydrogen-bond acceptors (Lipinski definition) is 4. The number of anilines is 1. The number of thiophene rings is 1. The van der Waals surface area contributed by atoms with Crippen LogP contribution in [0.25, 0.3) is 11.1 Å². The third kappa shape index (κ3) is 2.36. The minimum atomic E-state index is -0.412. The van der Waals surface area contributed by atoms with Crippen LogP contribution in [0, 0.1) is 5.82 Å². The van der Waals surface area contributed by atoms with Gasteiger partial charge in [0.25, 0.3) is 0 Å². The van der Waals surface area contributed by atoms with Crippen molar-refractivity contribution in [3.05, 3.63) is 41.0 Å². The van der Waals surface area contributed by atoms with Crippen LogP contribution in [-0.2, 0) is 4.74 Å². The largest absolute Gasteiger partial charge is 0.462 e. The number of nitrogens with two attached hydrogens (primary N) is 1. The number of esters is 1. The molecule has 0 atom stereocenters. The Bertz CT molecular complexity index is 563. The zero-order valence-electron chi connectivity index (χ0n) is 9.77. The Morgan fingerprint density at radius 1 is 1.39 bits per heavy atom. The average molecular weight is 265 g/mol. The molecule has 0 fully saturated rings. The third-order valence-electron chi connectivity index (χ3n) is 2.45. The van der Waals surface area contributed by atoms with Crippen LogP contribution in [0.4, 0.5) is 9.39 Å². The van der Waals surface area contributed by atoms with E-state index in [0.717, 1.165) is 0 Å². The summed E-state index contributed by atoms with van der Waals surface area (Å²) < 4.78 is 17.9. The minimum absolute atomic E-state index is 0.303. The van der Waals surface area contributed by atoms with E-state index in [-0.39, 0.29) is 5.82 Å². The van der Waals surface area contributed by atoms with Crippen molar-refractivity contribution in [2.24, 2.45) is 0 Å². The predicted molar refractivity (Wildman–Crippen MR) is 70.1 cm³/mol. The molecule has 0 saturated carbocycles. The third-order valence-corrected chi connectivity index (χ3v) is 3.26. The first-order valence-electron chi connectivity index (χ1n) is 5.43. The highest BCUT2D eigenvalue weighted by atomic mass is 32.1. The Morgan fingerprint density at radius 2 is 2.06 bits per heavy atom. The van der Waals surface area contributed by atoms with E-state index in [1.807, 2.05) is 0 Å². The number of halogens is 1. The van der Waals surface area contributed by atoms with Gasteiger partial charge in [0.15, 0.2) is 0 Å². The molecule has 0 saturated heterocycles. The van der Waals surface area contributed by atoms with Crippen LogP contribution >= 0.6 is 11.3 Å². The number of benzene rings is 1. The molecule has 0 aliphatic heterocycles. The standard InChI is InChI=1S/C13H12FNO2S/c1-2-17-13(16)10-7-18-12(15)11(10)8-3-5-9(14)6-4-8/h3-7H,2,15H2,1H3. The summed E-state index contributed by atoms with van der Waals surface area (Å²) in [4.78, 5) is 11.8. The molecule has 0 unspecified atom stereocenters. The lowest BCUT2D eigenvalue weighted by molar-refractivity contribution is 0.0528. The lowest BCUT2D eigenvalue weighted by atomic mass is 10.0. The van der Waals surface area contributed by atoms with Gasteiger partial charge in [-0.05, 0) is 24.6 Å². The maximum absolute atomic E-state index is 12.9. The van der Waals surface area contributed by atoms with Crippen LogP contribution in [0.5, 0.6) is 0 Å². The average Bonchev–Trinajstić information content (AvgIpc) is 2.73. The molecule has 2 N–H and O–H groups in total. The van der Waals surface area contributed by atoms with Crippen molar-refractivity contribution in [3.63, 3.8) is 0 Å². The molecule has 0 aliphatic carbocycles. The van der Waals surface area contributed by atoms with Gasteiger partial charge in [-0.1, -0.05) is 12.1 Å². The molecule has 18 heavy (non-hydrogen) atoms. The fraction of sp³-hybridized carbons (Fsp3) is 0.154. The van der Waals surface area contributed by atoms with Crippen LogP contribution in [0.3, 0.4) is 0 Å². The van der Waals surface area contributed by atoms with Gasteiger partial charge in [-0.2, -0.15) is 0 Å². The fourth-order valence-corrected chi connectivity index (χ4v) is 2.45. The second-order valence-corrected chi connectivity index (χ2v) is 4.53. The number of ether oxygens (including phenoxy) is 1. The van der Waals surface area contributed by atoms with Crippen molar-refractivity contribution in [1.82, 2.24) is 0 Å². The molecule has 2 aromatic rings. The Hall–Kier alpha value is -1.88. The summed E-state index contributed by atoms with van der Waals surface area (Å²) in [6, 6.07) is 5.86. The highest BCUT2D eigenvalue weighted by molar-refractivity contribution is 7.15. The maximum Gasteiger partial charge on any atom is 0.339 e. The lowest BCUT2D eigenvalue weighted by Gasteiger charge is -2.05. The molecule has 0 radical (unpaired) electrons. The van der Waals surface area contributed by atoms with E-state index in [9.17, 15) is 9.18 Å². The summed E-state index contributed by atoms with van der Waals surface area (Å²) in [6.07, 6.45) is 0. The zero-order valence-corrected chi connectivity index (χ0v) is 10.6. The van der Waals surface area contributed by atoms with Gasteiger partial charge in [0.1, 0.15) is 5.82 Å². The van der Waals surface area contributed by atoms with Crippen LogP contribution in [-0.4, -0.2) is 12.6 Å². The van der Waals surface area contributed by atoms with Crippen molar-refractivity contribution in [2.75, 3.05) is 12.3 Å². The maximum atomic E-state index is 12.9.